The van der Waals surface area contributed by atoms with Gasteiger partial charge in [-0.1, -0.05) is 42.5 Å². The van der Waals surface area contributed by atoms with Crippen LogP contribution in [0.2, 0.25) is 0 Å². The SMILES string of the molecule is C=C1C[C@@H](C=O)N(C(=O)c2cc(CO)c(C)cc2[N+](=O)[O-])C1.C=C1C[C@H]2C=Cc3cc(C)c(CO)cc3C(=O)N2C1. The number of amides is 2. The lowest BCUT2D eigenvalue weighted by Gasteiger charge is -2.21. The zero-order chi connectivity index (χ0) is 30.0. The summed E-state index contributed by atoms with van der Waals surface area (Å²) in [5.74, 6) is -0.560. The highest BCUT2D eigenvalue weighted by Crippen LogP contribution is 2.31. The third-order valence-corrected chi connectivity index (χ3v) is 7.72. The van der Waals surface area contributed by atoms with Crippen LogP contribution in [0.25, 0.3) is 6.08 Å². The lowest BCUT2D eigenvalue weighted by atomic mass is 9.98. The molecule has 0 saturated carbocycles. The van der Waals surface area contributed by atoms with Gasteiger partial charge < -0.3 is 24.8 Å². The molecule has 2 fully saturated rings. The predicted octanol–water partition coefficient (Wildman–Crippen LogP) is 3.65. The molecule has 0 spiro atoms. The first kappa shape index (κ1) is 29.6. The molecule has 3 aliphatic heterocycles. The summed E-state index contributed by atoms with van der Waals surface area (Å²) in [6.45, 7) is 11.8. The van der Waals surface area contributed by atoms with Crippen LogP contribution in [0.5, 0.6) is 0 Å². The third-order valence-electron chi connectivity index (χ3n) is 7.72. The molecule has 10 nitrogen and oxygen atoms in total. The van der Waals surface area contributed by atoms with Crippen molar-refractivity contribution in [3.63, 3.8) is 0 Å². The van der Waals surface area contributed by atoms with E-state index in [0.717, 1.165) is 34.3 Å². The molecule has 0 aliphatic carbocycles. The lowest BCUT2D eigenvalue weighted by Crippen LogP contribution is -2.36. The number of aldehydes is 1. The fourth-order valence-corrected chi connectivity index (χ4v) is 5.42. The molecule has 2 saturated heterocycles. The average Bonchev–Trinajstić information content (AvgIpc) is 3.49. The second-order valence-electron chi connectivity index (χ2n) is 10.6. The molecule has 3 aliphatic rings. The predicted molar refractivity (Wildman–Crippen MR) is 153 cm³/mol. The fourth-order valence-electron chi connectivity index (χ4n) is 5.42. The summed E-state index contributed by atoms with van der Waals surface area (Å²) in [6, 6.07) is 5.86. The summed E-state index contributed by atoms with van der Waals surface area (Å²) in [5, 5.41) is 29.8. The average molecular weight is 560 g/mol. The van der Waals surface area contributed by atoms with Crippen molar-refractivity contribution in [2.75, 3.05) is 13.1 Å². The summed E-state index contributed by atoms with van der Waals surface area (Å²) in [4.78, 5) is 50.0. The quantitative estimate of drug-likeness (QED) is 0.247. The number of rotatable bonds is 5. The minimum atomic E-state index is -0.654. The molecule has 2 aromatic carbocycles. The van der Waals surface area contributed by atoms with Crippen LogP contribution in [0.4, 0.5) is 5.69 Å². The van der Waals surface area contributed by atoms with E-state index in [1.807, 2.05) is 30.0 Å². The van der Waals surface area contributed by atoms with Crippen LogP contribution in [0.15, 0.2) is 54.6 Å². The van der Waals surface area contributed by atoms with Crippen molar-refractivity contribution in [1.29, 1.82) is 0 Å². The van der Waals surface area contributed by atoms with E-state index in [-0.39, 0.29) is 43.0 Å². The molecule has 5 rings (SSSR count). The molecule has 0 aromatic heterocycles. The van der Waals surface area contributed by atoms with E-state index in [9.17, 15) is 34.7 Å². The van der Waals surface area contributed by atoms with E-state index in [2.05, 4.69) is 19.2 Å². The van der Waals surface area contributed by atoms with Gasteiger partial charge in [0.2, 0.25) is 0 Å². The molecule has 10 heteroatoms. The Morgan fingerprint density at radius 3 is 2.32 bits per heavy atom. The number of aryl methyl sites for hydroxylation is 2. The van der Waals surface area contributed by atoms with E-state index in [0.29, 0.717) is 35.9 Å². The van der Waals surface area contributed by atoms with Crippen molar-refractivity contribution in [2.45, 2.75) is 52.0 Å². The molecule has 214 valence electrons. The Morgan fingerprint density at radius 1 is 1.05 bits per heavy atom. The molecule has 0 unspecified atom stereocenters. The molecule has 2 atom stereocenters. The van der Waals surface area contributed by atoms with E-state index >= 15 is 0 Å². The zero-order valence-corrected chi connectivity index (χ0v) is 23.1. The Labute approximate surface area is 238 Å². The van der Waals surface area contributed by atoms with Crippen LogP contribution in [0.3, 0.4) is 0 Å². The molecule has 41 heavy (non-hydrogen) atoms. The number of hydrogen-bond acceptors (Lipinski definition) is 7. The third kappa shape index (κ3) is 5.89. The lowest BCUT2D eigenvalue weighted by molar-refractivity contribution is -0.385. The number of carbonyl (C=O) groups excluding carboxylic acids is 3. The van der Waals surface area contributed by atoms with Crippen molar-refractivity contribution in [1.82, 2.24) is 9.80 Å². The normalized spacial score (nSPS) is 19.4. The highest BCUT2D eigenvalue weighted by atomic mass is 16.6. The van der Waals surface area contributed by atoms with E-state index < -0.39 is 16.9 Å². The molecule has 2 amide bonds. The monoisotopic (exact) mass is 559 g/mol. The molecule has 0 radical (unpaired) electrons. The summed E-state index contributed by atoms with van der Waals surface area (Å²) >= 11 is 0. The van der Waals surface area contributed by atoms with Crippen LogP contribution in [-0.4, -0.2) is 68.2 Å². The number of nitrogens with zero attached hydrogens (tertiary/aromatic N) is 3. The van der Waals surface area contributed by atoms with Crippen molar-refractivity contribution < 1.29 is 29.5 Å². The summed E-state index contributed by atoms with van der Waals surface area (Å²) in [5.41, 5.74) is 5.80. The number of nitro groups is 1. The standard InChI is InChI=1S/C16H17NO2.C15H16N2O5/c1-10-5-14-4-3-12-6-11(2)13(9-18)7-15(12)16(19)17(14)8-10;1-9-3-12(8-19)16(6-9)15(20)13-5-11(7-18)10(2)4-14(13)17(21)22/h3-4,6-7,14,18H,1,5,8-9H2,2H3;4-5,8,12,18H,1,3,6-7H2,2H3/t14-;12-/m10/s1. The highest BCUT2D eigenvalue weighted by molar-refractivity contribution is 6.01. The minimum Gasteiger partial charge on any atom is -0.392 e. The number of aliphatic hydroxyl groups is 2. The van der Waals surface area contributed by atoms with Gasteiger partial charge in [0.05, 0.1) is 30.2 Å². The molecular formula is C31H33N3O7. The van der Waals surface area contributed by atoms with Crippen LogP contribution >= 0.6 is 0 Å². The maximum atomic E-state index is 12.6. The van der Waals surface area contributed by atoms with Crippen LogP contribution < -0.4 is 0 Å². The maximum absolute atomic E-state index is 12.6. The first-order valence-electron chi connectivity index (χ1n) is 13.2. The highest BCUT2D eigenvalue weighted by Gasteiger charge is 2.35. The van der Waals surface area contributed by atoms with Gasteiger partial charge in [-0.25, -0.2) is 0 Å². The van der Waals surface area contributed by atoms with Gasteiger partial charge in [0.25, 0.3) is 17.5 Å². The Bertz CT molecular complexity index is 1490. The summed E-state index contributed by atoms with van der Waals surface area (Å²) < 4.78 is 0. The zero-order valence-electron chi connectivity index (χ0n) is 23.1. The largest absolute Gasteiger partial charge is 0.392 e. The first-order valence-corrected chi connectivity index (χ1v) is 13.2. The van der Waals surface area contributed by atoms with Crippen molar-refractivity contribution in [3.8, 4) is 0 Å². The molecule has 0 bridgehead atoms. The number of nitro benzene ring substituents is 1. The number of carbonyl (C=O) groups is 3. The number of aliphatic hydroxyl groups excluding tert-OH is 2. The van der Waals surface area contributed by atoms with Gasteiger partial charge in [0, 0.05) is 24.7 Å². The van der Waals surface area contributed by atoms with E-state index in [1.54, 1.807) is 6.92 Å². The Hall–Kier alpha value is -4.41. The van der Waals surface area contributed by atoms with Gasteiger partial charge in [-0.2, -0.15) is 0 Å². The molecule has 2 N–H and O–H groups in total. The smallest absolute Gasteiger partial charge is 0.282 e. The molecule has 2 aromatic rings. The van der Waals surface area contributed by atoms with Gasteiger partial charge in [0.15, 0.2) is 0 Å². The number of likely N-dealkylation sites (tertiary alicyclic amines) is 1. The second-order valence-corrected chi connectivity index (χ2v) is 10.6. The number of fused-ring (bicyclic) bond motifs is 2. The summed E-state index contributed by atoms with van der Waals surface area (Å²) in [6.07, 6.45) is 5.96. The topological polar surface area (TPSA) is 141 Å². The maximum Gasteiger partial charge on any atom is 0.282 e. The van der Waals surface area contributed by atoms with E-state index in [4.69, 9.17) is 0 Å². The van der Waals surface area contributed by atoms with Gasteiger partial charge in [-0.15, -0.1) is 0 Å². The Morgan fingerprint density at radius 2 is 1.68 bits per heavy atom. The van der Waals surface area contributed by atoms with Gasteiger partial charge >= 0.3 is 0 Å². The van der Waals surface area contributed by atoms with Crippen LogP contribution in [-0.2, 0) is 18.0 Å². The number of benzene rings is 2. The minimum absolute atomic E-state index is 0.0355. The molecule has 3 heterocycles. The summed E-state index contributed by atoms with van der Waals surface area (Å²) in [7, 11) is 0. The van der Waals surface area contributed by atoms with E-state index in [1.165, 1.54) is 17.0 Å². The van der Waals surface area contributed by atoms with Gasteiger partial charge in [-0.3, -0.25) is 19.7 Å². The van der Waals surface area contributed by atoms with Crippen LogP contribution in [0.1, 0.15) is 61.4 Å². The van der Waals surface area contributed by atoms with Crippen molar-refractivity contribution in [3.05, 3.63) is 104 Å². The van der Waals surface area contributed by atoms with Gasteiger partial charge in [-0.05, 0) is 66.6 Å². The Kier molecular flexibility index (Phi) is 8.65. The van der Waals surface area contributed by atoms with Crippen LogP contribution in [0, 0.1) is 24.0 Å². The second kappa shape index (κ2) is 12.0. The molecular weight excluding hydrogens is 526 g/mol. The first-order chi connectivity index (χ1) is 19.5. The van der Waals surface area contributed by atoms with Gasteiger partial charge in [0.1, 0.15) is 11.8 Å². The van der Waals surface area contributed by atoms with Crippen molar-refractivity contribution >= 4 is 29.9 Å². The fraction of sp³-hybridized carbons (Fsp3) is 0.323. The van der Waals surface area contributed by atoms with Crippen molar-refractivity contribution in [2.24, 2.45) is 0 Å². The Balaban J connectivity index is 0.000000191. The number of hydrogen-bond donors (Lipinski definition) is 2.